The molecule has 4 aliphatic rings. The topological polar surface area (TPSA) is 108 Å². The Morgan fingerprint density at radius 2 is 1.97 bits per heavy atom. The van der Waals surface area contributed by atoms with Gasteiger partial charge in [0.15, 0.2) is 6.61 Å². The van der Waals surface area contributed by atoms with Gasteiger partial charge in [-0.05, 0) is 87.5 Å². The standard InChI is InChI=1S/C26H36N2O5/c1-5-26(32)13-10-21-19-7-6-17-14-18(28-33-15-22(29)27-16(2)23(30)31)8-11-24(17,3)20(19)9-12-25(21,26)4/h1,14,16,19-21,32H,6-13,15H2,2-4H3,(H,27,29)(H,30,31)/b28-18-/t16-,19+,20-,21-,24-,25-,26+/m0/s1. The maximum Gasteiger partial charge on any atom is 0.325 e. The third-order valence-corrected chi connectivity index (χ3v) is 9.49. The molecule has 0 aromatic heterocycles. The van der Waals surface area contributed by atoms with Crippen LogP contribution in [0.5, 0.6) is 0 Å². The lowest BCUT2D eigenvalue weighted by Gasteiger charge is -2.58. The number of allylic oxidation sites excluding steroid dienone is 2. The van der Waals surface area contributed by atoms with Crippen LogP contribution in [0.4, 0.5) is 0 Å². The molecule has 0 aromatic rings. The van der Waals surface area contributed by atoms with E-state index in [9.17, 15) is 14.7 Å². The predicted octanol–water partition coefficient (Wildman–Crippen LogP) is 3.28. The van der Waals surface area contributed by atoms with E-state index in [1.807, 2.05) is 0 Å². The SMILES string of the molecule is C#C[C@@]1(O)CC[C@H]2[C@@H]3CCC4=C/C(=N\OCC(=O)N[C@@H](C)C(=O)O)CC[C@]4(C)[C@H]3CC[C@@]21C. The second-order valence-electron chi connectivity index (χ2n) is 11.0. The van der Waals surface area contributed by atoms with E-state index in [1.165, 1.54) is 12.5 Å². The molecule has 7 nitrogen and oxygen atoms in total. The highest BCUT2D eigenvalue weighted by Crippen LogP contribution is 2.67. The molecule has 0 unspecified atom stereocenters. The summed E-state index contributed by atoms with van der Waals surface area (Å²) in [6, 6.07) is -0.963. The Balaban J connectivity index is 1.43. The Morgan fingerprint density at radius 3 is 2.67 bits per heavy atom. The van der Waals surface area contributed by atoms with Gasteiger partial charge in [-0.25, -0.2) is 0 Å². The normalized spacial score (nSPS) is 41.6. The van der Waals surface area contributed by atoms with Crippen LogP contribution in [0.3, 0.4) is 0 Å². The number of carboxylic acid groups (broad SMARTS) is 1. The summed E-state index contributed by atoms with van der Waals surface area (Å²) in [7, 11) is 0. The summed E-state index contributed by atoms with van der Waals surface area (Å²) < 4.78 is 0. The summed E-state index contributed by atoms with van der Waals surface area (Å²) in [6.45, 7) is 5.70. The number of carboxylic acids is 1. The van der Waals surface area contributed by atoms with E-state index in [0.717, 1.165) is 50.7 Å². The monoisotopic (exact) mass is 456 g/mol. The molecule has 0 bridgehead atoms. The largest absolute Gasteiger partial charge is 0.480 e. The van der Waals surface area contributed by atoms with Crippen LogP contribution in [-0.4, -0.2) is 46.1 Å². The molecule has 180 valence electrons. The van der Waals surface area contributed by atoms with Crippen molar-refractivity contribution in [3.63, 3.8) is 0 Å². The van der Waals surface area contributed by atoms with E-state index in [2.05, 4.69) is 36.3 Å². The van der Waals surface area contributed by atoms with Crippen molar-refractivity contribution in [3.8, 4) is 12.3 Å². The number of hydrogen-bond acceptors (Lipinski definition) is 5. The Hall–Kier alpha value is -2.33. The van der Waals surface area contributed by atoms with Crippen LogP contribution in [0.15, 0.2) is 16.8 Å². The summed E-state index contributed by atoms with van der Waals surface area (Å²) in [5.41, 5.74) is 1.21. The van der Waals surface area contributed by atoms with Gasteiger partial charge in [0, 0.05) is 5.41 Å². The highest BCUT2D eigenvalue weighted by Gasteiger charge is 2.63. The molecule has 3 N–H and O–H groups in total. The van der Waals surface area contributed by atoms with Crippen molar-refractivity contribution in [1.82, 2.24) is 5.32 Å². The molecule has 7 atom stereocenters. The van der Waals surface area contributed by atoms with E-state index in [-0.39, 0.29) is 17.4 Å². The molecular formula is C26H36N2O5. The third-order valence-electron chi connectivity index (χ3n) is 9.49. The van der Waals surface area contributed by atoms with E-state index in [4.69, 9.17) is 16.4 Å². The molecule has 1 amide bonds. The van der Waals surface area contributed by atoms with Gasteiger partial charge in [0.1, 0.15) is 11.6 Å². The van der Waals surface area contributed by atoms with Gasteiger partial charge in [0.05, 0.1) is 5.71 Å². The van der Waals surface area contributed by atoms with Gasteiger partial charge in [-0.1, -0.05) is 30.5 Å². The first-order valence-electron chi connectivity index (χ1n) is 12.2. The lowest BCUT2D eigenvalue weighted by atomic mass is 9.46. The van der Waals surface area contributed by atoms with Crippen LogP contribution < -0.4 is 5.32 Å². The average Bonchev–Trinajstić information content (AvgIpc) is 3.05. The Bertz CT molecular complexity index is 935. The molecule has 0 heterocycles. The summed E-state index contributed by atoms with van der Waals surface area (Å²) >= 11 is 0. The molecule has 4 rings (SSSR count). The van der Waals surface area contributed by atoms with Crippen molar-refractivity contribution in [2.45, 2.75) is 83.8 Å². The zero-order chi connectivity index (χ0) is 24.0. The van der Waals surface area contributed by atoms with Crippen LogP contribution in [0.1, 0.15) is 72.1 Å². The second kappa shape index (κ2) is 8.47. The number of aliphatic hydroxyl groups is 1. The number of aliphatic carboxylic acids is 1. The van der Waals surface area contributed by atoms with Crippen LogP contribution in [-0.2, 0) is 14.4 Å². The molecule has 0 aromatic carbocycles. The summed E-state index contributed by atoms with van der Waals surface area (Å²) in [4.78, 5) is 27.9. The van der Waals surface area contributed by atoms with Crippen LogP contribution in [0.25, 0.3) is 0 Å². The number of nitrogens with one attached hydrogen (secondary N) is 1. The Labute approximate surface area is 196 Å². The Morgan fingerprint density at radius 1 is 1.24 bits per heavy atom. The smallest absolute Gasteiger partial charge is 0.325 e. The lowest BCUT2D eigenvalue weighted by molar-refractivity contribution is -0.142. The third kappa shape index (κ3) is 3.86. The lowest BCUT2D eigenvalue weighted by Crippen LogP contribution is -2.54. The maximum atomic E-state index is 11.8. The van der Waals surface area contributed by atoms with Gasteiger partial charge in [0.25, 0.3) is 5.91 Å². The number of terminal acetylenes is 1. The number of nitrogens with zero attached hydrogens (tertiary/aromatic N) is 1. The van der Waals surface area contributed by atoms with Crippen molar-refractivity contribution < 1.29 is 24.6 Å². The van der Waals surface area contributed by atoms with Crippen LogP contribution in [0, 0.1) is 40.9 Å². The summed E-state index contributed by atoms with van der Waals surface area (Å²) in [5, 5.41) is 26.5. The van der Waals surface area contributed by atoms with Crippen LogP contribution >= 0.6 is 0 Å². The first-order valence-corrected chi connectivity index (χ1v) is 12.2. The van der Waals surface area contributed by atoms with Crippen LogP contribution in [0.2, 0.25) is 0 Å². The van der Waals surface area contributed by atoms with E-state index in [0.29, 0.717) is 24.2 Å². The first kappa shape index (κ1) is 23.8. The van der Waals surface area contributed by atoms with Crippen molar-refractivity contribution in [2.75, 3.05) is 6.61 Å². The highest BCUT2D eigenvalue weighted by atomic mass is 16.6. The molecule has 0 aliphatic heterocycles. The quantitative estimate of drug-likeness (QED) is 0.435. The minimum atomic E-state index is -1.09. The van der Waals surface area contributed by atoms with Crippen molar-refractivity contribution in [2.24, 2.45) is 33.7 Å². The number of fused-ring (bicyclic) bond motifs is 5. The zero-order valence-electron chi connectivity index (χ0n) is 19.9. The van der Waals surface area contributed by atoms with E-state index >= 15 is 0 Å². The van der Waals surface area contributed by atoms with Gasteiger partial charge in [0.2, 0.25) is 0 Å². The molecule has 7 heteroatoms. The van der Waals surface area contributed by atoms with Gasteiger partial charge in [-0.15, -0.1) is 6.42 Å². The molecular weight excluding hydrogens is 420 g/mol. The second-order valence-corrected chi connectivity index (χ2v) is 11.0. The van der Waals surface area contributed by atoms with Gasteiger partial charge >= 0.3 is 5.97 Å². The molecule has 4 aliphatic carbocycles. The fourth-order valence-corrected chi connectivity index (χ4v) is 7.41. The minimum Gasteiger partial charge on any atom is -0.480 e. The number of hydrogen-bond donors (Lipinski definition) is 3. The first-order chi connectivity index (χ1) is 15.5. The fraction of sp³-hybridized carbons (Fsp3) is 0.731. The minimum absolute atomic E-state index is 0.119. The molecule has 33 heavy (non-hydrogen) atoms. The van der Waals surface area contributed by atoms with Gasteiger partial charge in [-0.2, -0.15) is 0 Å². The van der Waals surface area contributed by atoms with Crippen molar-refractivity contribution >= 4 is 17.6 Å². The molecule has 0 radical (unpaired) electrons. The van der Waals surface area contributed by atoms with Gasteiger partial charge < -0.3 is 20.4 Å². The fourth-order valence-electron chi connectivity index (χ4n) is 7.41. The number of carbonyl (C=O) groups excluding carboxylic acids is 1. The highest BCUT2D eigenvalue weighted by molar-refractivity contribution is 5.96. The van der Waals surface area contributed by atoms with Crippen molar-refractivity contribution in [3.05, 3.63) is 11.6 Å². The summed E-state index contributed by atoms with van der Waals surface area (Å²) in [5.74, 6) is 2.80. The summed E-state index contributed by atoms with van der Waals surface area (Å²) in [6.07, 6.45) is 15.6. The Kier molecular flexibility index (Phi) is 6.11. The number of amides is 1. The zero-order valence-corrected chi connectivity index (χ0v) is 19.9. The van der Waals surface area contributed by atoms with E-state index < -0.39 is 23.5 Å². The van der Waals surface area contributed by atoms with Gasteiger partial charge in [-0.3, -0.25) is 9.59 Å². The predicted molar refractivity (Wildman–Crippen MR) is 124 cm³/mol. The number of carbonyl (C=O) groups is 2. The molecule has 0 saturated heterocycles. The molecule has 0 spiro atoms. The molecule has 3 fully saturated rings. The molecule has 3 saturated carbocycles. The average molecular weight is 457 g/mol. The number of rotatable bonds is 5. The number of oxime groups is 1. The maximum absolute atomic E-state index is 11.8. The van der Waals surface area contributed by atoms with E-state index in [1.54, 1.807) is 0 Å². The van der Waals surface area contributed by atoms with Crippen molar-refractivity contribution in [1.29, 1.82) is 0 Å².